The lowest BCUT2D eigenvalue weighted by molar-refractivity contribution is -0.384. The summed E-state index contributed by atoms with van der Waals surface area (Å²) in [5.74, 6) is 0. The Morgan fingerprint density at radius 2 is 1.19 bits per heavy atom. The van der Waals surface area contributed by atoms with Gasteiger partial charge in [-0.1, -0.05) is 0 Å². The van der Waals surface area contributed by atoms with Crippen LogP contribution in [0, 0.1) is 24.0 Å². The van der Waals surface area contributed by atoms with Gasteiger partial charge < -0.3 is 25.3 Å². The van der Waals surface area contributed by atoms with Crippen molar-refractivity contribution in [1.29, 1.82) is 0 Å². The Kier molecular flexibility index (Phi) is 7.93. The molecule has 0 aliphatic carbocycles. The summed E-state index contributed by atoms with van der Waals surface area (Å²) in [7, 11) is 4.28. The van der Waals surface area contributed by atoms with E-state index in [1.54, 1.807) is 12.1 Å². The van der Waals surface area contributed by atoms with Gasteiger partial charge in [-0.05, 0) is 63.3 Å². The number of nitro benzene ring substituents is 1. The molecular weight excluding hydrogens is 404 g/mol. The van der Waals surface area contributed by atoms with Crippen LogP contribution >= 0.6 is 0 Å². The van der Waals surface area contributed by atoms with Crippen LogP contribution in [0.2, 0.25) is 0 Å². The smallest absolute Gasteiger partial charge is 0.269 e. The molecule has 0 saturated carbocycles. The number of non-ortho nitro benzene ring substituents is 1. The second kappa shape index (κ2) is 10.7. The van der Waals surface area contributed by atoms with E-state index in [0.29, 0.717) is 0 Å². The van der Waals surface area contributed by atoms with Gasteiger partial charge in [-0.3, -0.25) is 10.1 Å². The van der Waals surface area contributed by atoms with Gasteiger partial charge in [0.1, 0.15) is 0 Å². The Bertz CT molecular complexity index is 919. The standard InChI is InChI=1S/C12H17N3O2.C12H19N3/c1-10-9-11(15(16)17)3-4-12(10)14-7-5-13(2)6-8-14;1-10-9-11(13)3-4-12(10)15-7-5-14(2)6-8-15/h3-4,9H,5-8H2,1-2H3;3-4,9H,5-8,13H2,1-2H3. The molecule has 8 heteroatoms. The average molecular weight is 441 g/mol. The predicted molar refractivity (Wildman–Crippen MR) is 133 cm³/mol. The van der Waals surface area contributed by atoms with Crippen molar-refractivity contribution in [2.75, 3.05) is 82.0 Å². The number of hydrogen-bond donors (Lipinski definition) is 1. The molecule has 2 aliphatic rings. The number of benzene rings is 2. The van der Waals surface area contributed by atoms with Gasteiger partial charge in [-0.15, -0.1) is 0 Å². The number of hydrogen-bond acceptors (Lipinski definition) is 7. The average Bonchev–Trinajstić information content (AvgIpc) is 2.76. The molecule has 0 bridgehead atoms. The summed E-state index contributed by atoms with van der Waals surface area (Å²) in [4.78, 5) is 19.7. The molecule has 2 saturated heterocycles. The minimum Gasteiger partial charge on any atom is -0.399 e. The Morgan fingerprint density at radius 3 is 1.59 bits per heavy atom. The second-order valence-electron chi connectivity index (χ2n) is 8.85. The van der Waals surface area contributed by atoms with E-state index in [-0.39, 0.29) is 10.6 Å². The van der Waals surface area contributed by atoms with Gasteiger partial charge in [0.15, 0.2) is 0 Å². The maximum atomic E-state index is 10.7. The maximum absolute atomic E-state index is 10.7. The van der Waals surface area contributed by atoms with Crippen LogP contribution in [0.3, 0.4) is 0 Å². The van der Waals surface area contributed by atoms with Gasteiger partial charge in [0.25, 0.3) is 5.69 Å². The number of nitrogens with zero attached hydrogens (tertiary/aromatic N) is 5. The molecule has 0 spiro atoms. The molecule has 0 unspecified atom stereocenters. The molecule has 32 heavy (non-hydrogen) atoms. The number of nitro groups is 1. The van der Waals surface area contributed by atoms with E-state index in [1.807, 2.05) is 25.1 Å². The Hall–Kier alpha value is -2.84. The highest BCUT2D eigenvalue weighted by molar-refractivity contribution is 5.59. The minimum absolute atomic E-state index is 0.167. The van der Waals surface area contributed by atoms with Crippen molar-refractivity contribution < 1.29 is 4.92 Å². The fourth-order valence-electron chi connectivity index (χ4n) is 4.24. The molecule has 0 radical (unpaired) electrons. The second-order valence-corrected chi connectivity index (χ2v) is 8.85. The van der Waals surface area contributed by atoms with Crippen LogP contribution in [0.5, 0.6) is 0 Å². The molecule has 2 N–H and O–H groups in total. The zero-order chi connectivity index (χ0) is 23.3. The first-order valence-corrected chi connectivity index (χ1v) is 11.2. The molecule has 2 fully saturated rings. The lowest BCUT2D eigenvalue weighted by atomic mass is 10.1. The molecule has 2 aromatic rings. The van der Waals surface area contributed by atoms with E-state index >= 15 is 0 Å². The number of aryl methyl sites for hydroxylation is 2. The van der Waals surface area contributed by atoms with Gasteiger partial charge in [-0.25, -0.2) is 0 Å². The number of nitrogens with two attached hydrogens (primary N) is 1. The zero-order valence-corrected chi connectivity index (χ0v) is 19.8. The first-order valence-electron chi connectivity index (χ1n) is 11.2. The number of rotatable bonds is 3. The van der Waals surface area contributed by atoms with Gasteiger partial charge >= 0.3 is 0 Å². The van der Waals surface area contributed by atoms with Crippen molar-refractivity contribution in [2.24, 2.45) is 0 Å². The van der Waals surface area contributed by atoms with Crippen LogP contribution in [0.1, 0.15) is 11.1 Å². The molecule has 0 amide bonds. The summed E-state index contributed by atoms with van der Waals surface area (Å²) in [5.41, 5.74) is 11.5. The van der Waals surface area contributed by atoms with Crippen molar-refractivity contribution in [3.05, 3.63) is 57.6 Å². The van der Waals surface area contributed by atoms with Crippen LogP contribution in [-0.4, -0.2) is 81.2 Å². The highest BCUT2D eigenvalue weighted by atomic mass is 16.6. The Balaban J connectivity index is 0.000000182. The molecule has 2 heterocycles. The van der Waals surface area contributed by atoms with E-state index in [9.17, 15) is 10.1 Å². The third kappa shape index (κ3) is 6.11. The normalized spacial score (nSPS) is 17.6. The van der Waals surface area contributed by atoms with Crippen molar-refractivity contribution in [3.63, 3.8) is 0 Å². The number of likely N-dealkylation sites (N-methyl/N-ethyl adjacent to an activating group) is 2. The molecule has 8 nitrogen and oxygen atoms in total. The number of piperazine rings is 2. The number of nitrogen functional groups attached to an aromatic ring is 1. The van der Waals surface area contributed by atoms with Crippen LogP contribution in [0.25, 0.3) is 0 Å². The van der Waals surface area contributed by atoms with Gasteiger partial charge in [0, 0.05) is 81.6 Å². The topological polar surface area (TPSA) is 82.1 Å². The van der Waals surface area contributed by atoms with E-state index < -0.39 is 0 Å². The highest BCUT2D eigenvalue weighted by Crippen LogP contribution is 2.25. The lowest BCUT2D eigenvalue weighted by Crippen LogP contribution is -2.44. The number of anilines is 3. The van der Waals surface area contributed by atoms with Gasteiger partial charge in [0.2, 0.25) is 0 Å². The van der Waals surface area contributed by atoms with E-state index in [4.69, 9.17) is 5.73 Å². The monoisotopic (exact) mass is 440 g/mol. The van der Waals surface area contributed by atoms with Crippen LogP contribution < -0.4 is 15.5 Å². The predicted octanol–water partition coefficient (Wildman–Crippen LogP) is 2.98. The third-order valence-electron chi connectivity index (χ3n) is 6.30. The summed E-state index contributed by atoms with van der Waals surface area (Å²) < 4.78 is 0. The van der Waals surface area contributed by atoms with Crippen LogP contribution in [0.15, 0.2) is 36.4 Å². The fraction of sp³-hybridized carbons (Fsp3) is 0.500. The van der Waals surface area contributed by atoms with Crippen molar-refractivity contribution in [2.45, 2.75) is 13.8 Å². The molecular formula is C24H36N6O2. The van der Waals surface area contributed by atoms with E-state index in [0.717, 1.165) is 69.3 Å². The van der Waals surface area contributed by atoms with Gasteiger partial charge in [0.05, 0.1) is 4.92 Å². The zero-order valence-electron chi connectivity index (χ0n) is 19.8. The SMILES string of the molecule is Cc1cc(N)ccc1N1CCN(C)CC1.Cc1cc([N+](=O)[O-])ccc1N1CCN(C)CC1. The third-order valence-corrected chi connectivity index (χ3v) is 6.30. The molecule has 174 valence electrons. The van der Waals surface area contributed by atoms with E-state index in [1.165, 1.54) is 11.3 Å². The van der Waals surface area contributed by atoms with Crippen molar-refractivity contribution in [1.82, 2.24) is 9.80 Å². The van der Waals surface area contributed by atoms with Gasteiger partial charge in [-0.2, -0.15) is 0 Å². The lowest BCUT2D eigenvalue weighted by Gasteiger charge is -2.35. The summed E-state index contributed by atoms with van der Waals surface area (Å²) in [6, 6.07) is 11.3. The van der Waals surface area contributed by atoms with Crippen LogP contribution in [0.4, 0.5) is 22.7 Å². The largest absolute Gasteiger partial charge is 0.399 e. The summed E-state index contributed by atoms with van der Waals surface area (Å²) in [6.07, 6.45) is 0. The highest BCUT2D eigenvalue weighted by Gasteiger charge is 2.18. The fourth-order valence-corrected chi connectivity index (χ4v) is 4.24. The molecule has 2 aliphatic heterocycles. The minimum atomic E-state index is -0.346. The summed E-state index contributed by atoms with van der Waals surface area (Å²) >= 11 is 0. The Labute approximate surface area is 191 Å². The summed E-state index contributed by atoms with van der Waals surface area (Å²) in [5, 5.41) is 10.7. The molecule has 2 aromatic carbocycles. The first kappa shape index (κ1) is 23.8. The molecule has 4 rings (SSSR count). The quantitative estimate of drug-likeness (QED) is 0.446. The van der Waals surface area contributed by atoms with Crippen LogP contribution in [-0.2, 0) is 0 Å². The molecule has 0 atom stereocenters. The maximum Gasteiger partial charge on any atom is 0.269 e. The van der Waals surface area contributed by atoms with Crippen molar-refractivity contribution >= 4 is 22.7 Å². The first-order chi connectivity index (χ1) is 15.2. The Morgan fingerprint density at radius 1 is 0.750 bits per heavy atom. The van der Waals surface area contributed by atoms with Crippen molar-refractivity contribution in [3.8, 4) is 0 Å². The molecule has 0 aromatic heterocycles. The van der Waals surface area contributed by atoms with E-state index in [2.05, 4.69) is 46.7 Å². The summed E-state index contributed by atoms with van der Waals surface area (Å²) in [6.45, 7) is 12.6.